The summed E-state index contributed by atoms with van der Waals surface area (Å²) >= 11 is 0. The van der Waals surface area contributed by atoms with Gasteiger partial charge in [0.15, 0.2) is 5.03 Å². The van der Waals surface area contributed by atoms with Crippen LogP contribution in [-0.2, 0) is 16.6 Å². The lowest BCUT2D eigenvalue weighted by molar-refractivity contribution is 0.307. The Morgan fingerprint density at radius 2 is 2.28 bits per heavy atom. The van der Waals surface area contributed by atoms with Crippen molar-refractivity contribution < 1.29 is 8.42 Å². The summed E-state index contributed by atoms with van der Waals surface area (Å²) in [5, 5.41) is 7.75. The number of rotatable bonds is 3. The number of nitrogens with zero attached hydrogens (tertiary/aromatic N) is 3. The van der Waals surface area contributed by atoms with Crippen LogP contribution in [0.4, 0.5) is 0 Å². The Morgan fingerprint density at radius 1 is 1.56 bits per heavy atom. The second-order valence-corrected chi connectivity index (χ2v) is 6.54. The molecule has 18 heavy (non-hydrogen) atoms. The largest absolute Gasteiger partial charge is 0.312 e. The van der Waals surface area contributed by atoms with E-state index >= 15 is 0 Å². The van der Waals surface area contributed by atoms with E-state index in [2.05, 4.69) is 10.4 Å². The Kier molecular flexibility index (Phi) is 3.74. The van der Waals surface area contributed by atoms with E-state index in [0.29, 0.717) is 31.2 Å². The number of piperazine rings is 1. The molecular formula is C11H20N4O2S. The van der Waals surface area contributed by atoms with Crippen LogP contribution in [0.25, 0.3) is 0 Å². The van der Waals surface area contributed by atoms with Crippen molar-refractivity contribution in [2.24, 2.45) is 0 Å². The van der Waals surface area contributed by atoms with Crippen LogP contribution in [0.15, 0.2) is 11.1 Å². The summed E-state index contributed by atoms with van der Waals surface area (Å²) in [6.45, 7) is 7.97. The minimum Gasteiger partial charge on any atom is -0.312 e. The third-order valence-corrected chi connectivity index (χ3v) is 4.97. The molecule has 0 aromatic carbocycles. The maximum Gasteiger partial charge on any atom is 0.260 e. The van der Waals surface area contributed by atoms with Crippen LogP contribution in [-0.4, -0.2) is 48.2 Å². The molecule has 2 heterocycles. The summed E-state index contributed by atoms with van der Waals surface area (Å²) in [4.78, 5) is 0. The van der Waals surface area contributed by atoms with E-state index < -0.39 is 10.0 Å². The Morgan fingerprint density at radius 3 is 2.89 bits per heavy atom. The van der Waals surface area contributed by atoms with Crippen LogP contribution in [0.1, 0.15) is 19.5 Å². The topological polar surface area (TPSA) is 67.2 Å². The summed E-state index contributed by atoms with van der Waals surface area (Å²) in [6.07, 6.45) is 0. The Bertz CT molecular complexity index is 523. The molecule has 0 radical (unpaired) electrons. The normalized spacial score (nSPS) is 22.3. The van der Waals surface area contributed by atoms with Crippen molar-refractivity contribution in [3.63, 3.8) is 0 Å². The highest BCUT2D eigenvalue weighted by atomic mass is 32.2. The molecule has 0 amide bonds. The molecule has 1 N–H and O–H groups in total. The van der Waals surface area contributed by atoms with Crippen LogP contribution in [0.3, 0.4) is 0 Å². The summed E-state index contributed by atoms with van der Waals surface area (Å²) in [7, 11) is -3.42. The lowest BCUT2D eigenvalue weighted by Gasteiger charge is -2.30. The smallest absolute Gasteiger partial charge is 0.260 e. The highest BCUT2D eigenvalue weighted by Crippen LogP contribution is 2.18. The zero-order valence-corrected chi connectivity index (χ0v) is 11.9. The summed E-state index contributed by atoms with van der Waals surface area (Å²) in [5.41, 5.74) is 0.735. The van der Waals surface area contributed by atoms with Gasteiger partial charge in [0.25, 0.3) is 10.0 Å². The Balaban J connectivity index is 2.35. The monoisotopic (exact) mass is 272 g/mol. The van der Waals surface area contributed by atoms with Crippen LogP contribution in [0.5, 0.6) is 0 Å². The number of hydrogen-bond acceptors (Lipinski definition) is 4. The van der Waals surface area contributed by atoms with E-state index in [1.807, 2.05) is 20.8 Å². The molecule has 6 nitrogen and oxygen atoms in total. The van der Waals surface area contributed by atoms with Gasteiger partial charge in [0.1, 0.15) is 0 Å². The number of aromatic nitrogens is 2. The number of nitrogens with one attached hydrogen (secondary N) is 1. The SMILES string of the molecule is CCn1nc(C)cc1S(=O)(=O)N1CCN[C@@H](C)C1. The van der Waals surface area contributed by atoms with Gasteiger partial charge in [-0.1, -0.05) is 0 Å². The van der Waals surface area contributed by atoms with E-state index in [9.17, 15) is 8.42 Å². The van der Waals surface area contributed by atoms with E-state index in [4.69, 9.17) is 0 Å². The molecule has 7 heteroatoms. The summed E-state index contributed by atoms with van der Waals surface area (Å²) in [6, 6.07) is 1.83. The molecule has 1 aliphatic heterocycles. The van der Waals surface area contributed by atoms with Crippen molar-refractivity contribution in [3.05, 3.63) is 11.8 Å². The first-order chi connectivity index (χ1) is 8.45. The Hall–Kier alpha value is -0.920. The zero-order chi connectivity index (χ0) is 13.3. The van der Waals surface area contributed by atoms with E-state index in [-0.39, 0.29) is 6.04 Å². The lowest BCUT2D eigenvalue weighted by Crippen LogP contribution is -2.51. The van der Waals surface area contributed by atoms with Gasteiger partial charge in [-0.3, -0.25) is 4.68 Å². The first-order valence-corrected chi connectivity index (χ1v) is 7.67. The first kappa shape index (κ1) is 13.5. The minimum absolute atomic E-state index is 0.188. The first-order valence-electron chi connectivity index (χ1n) is 6.23. The predicted molar refractivity (Wildman–Crippen MR) is 68.9 cm³/mol. The number of sulfonamides is 1. The second kappa shape index (κ2) is 4.99. The van der Waals surface area contributed by atoms with E-state index in [0.717, 1.165) is 5.69 Å². The quantitative estimate of drug-likeness (QED) is 0.853. The van der Waals surface area contributed by atoms with Gasteiger partial charge in [-0.2, -0.15) is 9.40 Å². The van der Waals surface area contributed by atoms with Crippen molar-refractivity contribution in [3.8, 4) is 0 Å². The van der Waals surface area contributed by atoms with Crippen molar-refractivity contribution in [1.29, 1.82) is 0 Å². The molecule has 0 bridgehead atoms. The zero-order valence-electron chi connectivity index (χ0n) is 11.0. The molecule has 1 saturated heterocycles. The molecule has 1 aromatic rings. The second-order valence-electron chi connectivity index (χ2n) is 4.66. The third-order valence-electron chi connectivity index (χ3n) is 3.10. The summed E-state index contributed by atoms with van der Waals surface area (Å²) in [5.74, 6) is 0. The van der Waals surface area contributed by atoms with Gasteiger partial charge in [0.05, 0.1) is 5.69 Å². The molecule has 1 atom stereocenters. The fourth-order valence-corrected chi connectivity index (χ4v) is 3.98. The van der Waals surface area contributed by atoms with E-state index in [1.54, 1.807) is 10.7 Å². The highest BCUT2D eigenvalue weighted by molar-refractivity contribution is 7.89. The number of aryl methyl sites for hydroxylation is 2. The lowest BCUT2D eigenvalue weighted by atomic mass is 10.3. The molecule has 1 aliphatic rings. The van der Waals surface area contributed by atoms with Crippen molar-refractivity contribution in [2.75, 3.05) is 19.6 Å². The average molecular weight is 272 g/mol. The van der Waals surface area contributed by atoms with Gasteiger partial charge in [0, 0.05) is 32.2 Å². The fourth-order valence-electron chi connectivity index (χ4n) is 2.20. The minimum atomic E-state index is -3.42. The van der Waals surface area contributed by atoms with Crippen molar-refractivity contribution in [1.82, 2.24) is 19.4 Å². The maximum atomic E-state index is 12.6. The standard InChI is InChI=1S/C11H20N4O2S/c1-4-15-11(7-9(2)13-15)18(16,17)14-6-5-12-10(3)8-14/h7,10,12H,4-6,8H2,1-3H3/t10-/m0/s1. The van der Waals surface area contributed by atoms with Crippen LogP contribution in [0.2, 0.25) is 0 Å². The van der Waals surface area contributed by atoms with Gasteiger partial charge in [-0.05, 0) is 26.8 Å². The highest BCUT2D eigenvalue weighted by Gasteiger charge is 2.31. The average Bonchev–Trinajstić information content (AvgIpc) is 2.71. The Labute approximate surface area is 108 Å². The molecule has 102 valence electrons. The van der Waals surface area contributed by atoms with Crippen LogP contribution >= 0.6 is 0 Å². The van der Waals surface area contributed by atoms with Gasteiger partial charge >= 0.3 is 0 Å². The molecule has 0 unspecified atom stereocenters. The van der Waals surface area contributed by atoms with Crippen molar-refractivity contribution in [2.45, 2.75) is 38.4 Å². The summed E-state index contributed by atoms with van der Waals surface area (Å²) < 4.78 is 28.2. The molecule has 0 saturated carbocycles. The maximum absolute atomic E-state index is 12.6. The molecule has 0 spiro atoms. The fraction of sp³-hybridized carbons (Fsp3) is 0.727. The number of hydrogen-bond donors (Lipinski definition) is 1. The van der Waals surface area contributed by atoms with Gasteiger partial charge < -0.3 is 5.32 Å². The molecule has 2 rings (SSSR count). The van der Waals surface area contributed by atoms with Gasteiger partial charge in [-0.25, -0.2) is 8.42 Å². The third kappa shape index (κ3) is 2.43. The van der Waals surface area contributed by atoms with Crippen LogP contribution in [0, 0.1) is 6.92 Å². The van der Waals surface area contributed by atoms with Gasteiger partial charge in [0.2, 0.25) is 0 Å². The molecule has 1 fully saturated rings. The van der Waals surface area contributed by atoms with Crippen molar-refractivity contribution >= 4 is 10.0 Å². The molecule has 1 aromatic heterocycles. The van der Waals surface area contributed by atoms with Crippen LogP contribution < -0.4 is 5.32 Å². The molecule has 0 aliphatic carbocycles. The predicted octanol–water partition coefficient (Wildman–Crippen LogP) is 0.194. The van der Waals surface area contributed by atoms with Gasteiger partial charge in [-0.15, -0.1) is 0 Å². The molecular weight excluding hydrogens is 252 g/mol. The van der Waals surface area contributed by atoms with E-state index in [1.165, 1.54) is 4.31 Å².